The van der Waals surface area contributed by atoms with Gasteiger partial charge in [0.25, 0.3) is 0 Å². The fourth-order valence-electron chi connectivity index (χ4n) is 5.57. The monoisotopic (exact) mass is 496 g/mol. The van der Waals surface area contributed by atoms with Crippen LogP contribution in [0.1, 0.15) is 75.8 Å². The summed E-state index contributed by atoms with van der Waals surface area (Å²) in [6, 6.07) is 3.65. The molecule has 4 rings (SSSR count). The Morgan fingerprint density at radius 2 is 1.57 bits per heavy atom. The molecule has 7 heteroatoms. The zero-order valence-corrected chi connectivity index (χ0v) is 19.8. The van der Waals surface area contributed by atoms with Crippen LogP contribution < -0.4 is 4.74 Å². The number of allylic oxidation sites excluding steroid dienone is 1. The lowest BCUT2D eigenvalue weighted by atomic mass is 9.77. The van der Waals surface area contributed by atoms with Gasteiger partial charge in [0.05, 0.1) is 5.56 Å². The van der Waals surface area contributed by atoms with Crippen molar-refractivity contribution in [2.45, 2.75) is 77.5 Å². The quantitative estimate of drug-likeness (QED) is 0.347. The van der Waals surface area contributed by atoms with E-state index < -0.39 is 35.1 Å². The fraction of sp³-hybridized carbons (Fsp3) is 0.500. The van der Waals surface area contributed by atoms with Gasteiger partial charge in [-0.3, -0.25) is 0 Å². The maximum atomic E-state index is 15.3. The molecule has 0 aromatic heterocycles. The molecule has 2 aliphatic rings. The van der Waals surface area contributed by atoms with Crippen LogP contribution >= 0.6 is 0 Å². The Morgan fingerprint density at radius 3 is 2.20 bits per heavy atom. The standard InChI is InChI=1S/C28H30F6O/c1-2-3-17-4-6-18(7-5-17)8-9-19-10-12-22-21(14-19)16-24(30)26(27(22)31)20-11-13-25(23(29)15-20)35-28(32,33)34/h11,13-18H,2-10,12H2,1H3. The Morgan fingerprint density at radius 1 is 0.886 bits per heavy atom. The topological polar surface area (TPSA) is 9.23 Å². The molecule has 0 unspecified atom stereocenters. The van der Waals surface area contributed by atoms with E-state index in [2.05, 4.69) is 11.7 Å². The van der Waals surface area contributed by atoms with Crippen molar-refractivity contribution in [2.75, 3.05) is 0 Å². The molecule has 2 aromatic carbocycles. The molecular formula is C28H30F6O. The Bertz CT molecular complexity index is 1080. The zero-order valence-electron chi connectivity index (χ0n) is 19.8. The van der Waals surface area contributed by atoms with E-state index in [4.69, 9.17) is 0 Å². The number of ether oxygens (including phenoxy) is 1. The molecule has 0 heterocycles. The molecule has 0 N–H and O–H groups in total. The molecular weight excluding hydrogens is 466 g/mol. The van der Waals surface area contributed by atoms with Crippen molar-refractivity contribution in [1.29, 1.82) is 0 Å². The third-order valence-electron chi connectivity index (χ3n) is 7.39. The zero-order chi connectivity index (χ0) is 25.2. The van der Waals surface area contributed by atoms with Gasteiger partial charge in [0.2, 0.25) is 0 Å². The van der Waals surface area contributed by atoms with Crippen LogP contribution in [0.3, 0.4) is 0 Å². The van der Waals surface area contributed by atoms with Crippen molar-refractivity contribution in [3.63, 3.8) is 0 Å². The van der Waals surface area contributed by atoms with E-state index in [1.165, 1.54) is 50.2 Å². The highest BCUT2D eigenvalue weighted by Crippen LogP contribution is 2.39. The van der Waals surface area contributed by atoms with Crippen molar-refractivity contribution in [3.8, 4) is 16.9 Å². The van der Waals surface area contributed by atoms with Crippen molar-refractivity contribution >= 4 is 6.08 Å². The largest absolute Gasteiger partial charge is 0.573 e. The summed E-state index contributed by atoms with van der Waals surface area (Å²) < 4.78 is 85.1. The summed E-state index contributed by atoms with van der Waals surface area (Å²) in [5, 5.41) is 0. The molecule has 1 nitrogen and oxygen atoms in total. The van der Waals surface area contributed by atoms with Crippen molar-refractivity contribution < 1.29 is 31.1 Å². The molecule has 35 heavy (non-hydrogen) atoms. The summed E-state index contributed by atoms with van der Waals surface area (Å²) in [4.78, 5) is 0. The number of hydrogen-bond acceptors (Lipinski definition) is 1. The molecule has 0 atom stereocenters. The highest BCUT2D eigenvalue weighted by Gasteiger charge is 2.32. The summed E-state index contributed by atoms with van der Waals surface area (Å²) in [5.74, 6) is -2.50. The van der Waals surface area contributed by atoms with Gasteiger partial charge in [-0.15, -0.1) is 13.2 Å². The molecule has 0 amide bonds. The Kier molecular flexibility index (Phi) is 7.82. The predicted octanol–water partition coefficient (Wildman–Crippen LogP) is 9.39. The van der Waals surface area contributed by atoms with Gasteiger partial charge in [0.1, 0.15) is 11.6 Å². The molecule has 1 fully saturated rings. The normalized spacial score (nSPS) is 20.4. The second-order valence-corrected chi connectivity index (χ2v) is 9.82. The van der Waals surface area contributed by atoms with E-state index in [-0.39, 0.29) is 5.56 Å². The highest BCUT2D eigenvalue weighted by atomic mass is 19.4. The van der Waals surface area contributed by atoms with E-state index in [1.54, 1.807) is 0 Å². The van der Waals surface area contributed by atoms with Crippen LogP contribution in [0.15, 0.2) is 29.8 Å². The van der Waals surface area contributed by atoms with Crippen LogP contribution in [0.5, 0.6) is 5.75 Å². The Balaban J connectivity index is 1.48. The second kappa shape index (κ2) is 10.7. The molecule has 0 aliphatic heterocycles. The lowest BCUT2D eigenvalue weighted by molar-refractivity contribution is -0.275. The first-order valence-corrected chi connectivity index (χ1v) is 12.4. The maximum Gasteiger partial charge on any atom is 0.573 e. The summed E-state index contributed by atoms with van der Waals surface area (Å²) in [5.41, 5.74) is 1.39. The molecule has 0 saturated heterocycles. The average molecular weight is 497 g/mol. The summed E-state index contributed by atoms with van der Waals surface area (Å²) in [6.45, 7) is 2.23. The van der Waals surface area contributed by atoms with Crippen molar-refractivity contribution in [2.24, 2.45) is 11.8 Å². The van der Waals surface area contributed by atoms with Crippen molar-refractivity contribution in [3.05, 3.63) is 58.4 Å². The number of benzene rings is 2. The van der Waals surface area contributed by atoms with Gasteiger partial charge in [-0.1, -0.05) is 63.2 Å². The first-order chi connectivity index (χ1) is 16.6. The average Bonchev–Trinajstić information content (AvgIpc) is 2.79. The minimum absolute atomic E-state index is 0.178. The smallest absolute Gasteiger partial charge is 0.403 e. The number of rotatable bonds is 7. The summed E-state index contributed by atoms with van der Waals surface area (Å²) in [7, 11) is 0. The van der Waals surface area contributed by atoms with E-state index >= 15 is 4.39 Å². The molecule has 190 valence electrons. The minimum Gasteiger partial charge on any atom is -0.403 e. The van der Waals surface area contributed by atoms with Gasteiger partial charge in [0, 0.05) is 0 Å². The van der Waals surface area contributed by atoms with E-state index in [0.29, 0.717) is 36.0 Å². The molecule has 0 radical (unpaired) electrons. The van der Waals surface area contributed by atoms with Crippen LogP contribution in [-0.4, -0.2) is 6.36 Å². The molecule has 0 bridgehead atoms. The lowest BCUT2D eigenvalue weighted by Gasteiger charge is -2.29. The molecule has 0 spiro atoms. The third-order valence-corrected chi connectivity index (χ3v) is 7.39. The van der Waals surface area contributed by atoms with E-state index in [9.17, 15) is 22.0 Å². The highest BCUT2D eigenvalue weighted by molar-refractivity contribution is 5.71. The van der Waals surface area contributed by atoms with Crippen LogP contribution in [-0.2, 0) is 6.42 Å². The van der Waals surface area contributed by atoms with E-state index in [0.717, 1.165) is 30.9 Å². The molecule has 2 aliphatic carbocycles. The first kappa shape index (κ1) is 25.6. The Labute approximate surface area is 202 Å². The van der Waals surface area contributed by atoms with Crippen LogP contribution in [0.25, 0.3) is 17.2 Å². The van der Waals surface area contributed by atoms with Gasteiger partial charge >= 0.3 is 6.36 Å². The predicted molar refractivity (Wildman–Crippen MR) is 124 cm³/mol. The van der Waals surface area contributed by atoms with Gasteiger partial charge in [-0.05, 0) is 72.4 Å². The van der Waals surface area contributed by atoms with Gasteiger partial charge < -0.3 is 4.74 Å². The maximum absolute atomic E-state index is 15.3. The SMILES string of the molecule is CCCC1CCC(CCC2=Cc3cc(F)c(-c4ccc(OC(F)(F)F)c(F)c4)c(F)c3CC2)CC1. The van der Waals surface area contributed by atoms with Gasteiger partial charge in [-0.2, -0.15) is 0 Å². The number of fused-ring (bicyclic) bond motifs is 1. The number of alkyl halides is 3. The first-order valence-electron chi connectivity index (χ1n) is 12.4. The van der Waals surface area contributed by atoms with Crippen molar-refractivity contribution in [1.82, 2.24) is 0 Å². The summed E-state index contributed by atoms with van der Waals surface area (Å²) >= 11 is 0. The summed E-state index contributed by atoms with van der Waals surface area (Å²) in [6.07, 6.45) is 7.53. The van der Waals surface area contributed by atoms with Gasteiger partial charge in [0.15, 0.2) is 11.6 Å². The second-order valence-electron chi connectivity index (χ2n) is 9.82. The third kappa shape index (κ3) is 6.22. The Hall–Kier alpha value is -2.44. The van der Waals surface area contributed by atoms with Crippen LogP contribution in [0, 0.1) is 29.3 Å². The number of halogens is 6. The molecule has 2 aromatic rings. The van der Waals surface area contributed by atoms with Crippen LogP contribution in [0.4, 0.5) is 26.3 Å². The van der Waals surface area contributed by atoms with Crippen LogP contribution in [0.2, 0.25) is 0 Å². The van der Waals surface area contributed by atoms with E-state index in [1.807, 2.05) is 6.08 Å². The van der Waals surface area contributed by atoms with Gasteiger partial charge in [-0.25, -0.2) is 13.2 Å². The minimum atomic E-state index is -5.07. The lowest BCUT2D eigenvalue weighted by Crippen LogP contribution is -2.18. The molecule has 1 saturated carbocycles. The number of hydrogen-bond donors (Lipinski definition) is 0. The fourth-order valence-corrected chi connectivity index (χ4v) is 5.57.